The number of aliphatic hydroxyl groups is 2. The van der Waals surface area contributed by atoms with Gasteiger partial charge in [-0.25, -0.2) is 0 Å². The Hall–Kier alpha value is -1.35. The Labute approximate surface area is 90.4 Å². The highest BCUT2D eigenvalue weighted by atomic mass is 16.3. The van der Waals surface area contributed by atoms with Crippen LogP contribution in [-0.4, -0.2) is 23.1 Å². The summed E-state index contributed by atoms with van der Waals surface area (Å²) in [7, 11) is 0. The van der Waals surface area contributed by atoms with E-state index >= 15 is 0 Å². The molecule has 0 aliphatic rings. The van der Waals surface area contributed by atoms with Crippen LogP contribution >= 0.6 is 0 Å². The van der Waals surface area contributed by atoms with Crippen LogP contribution in [0.2, 0.25) is 0 Å². The molecular weight excluding hydrogens is 192 g/mol. The quantitative estimate of drug-likeness (QED) is 0.324. The molecule has 0 aliphatic carbocycles. The van der Waals surface area contributed by atoms with Gasteiger partial charge in [0, 0.05) is 0 Å². The van der Waals surface area contributed by atoms with Gasteiger partial charge < -0.3 is 10.2 Å². The van der Waals surface area contributed by atoms with E-state index in [0.717, 1.165) is 5.57 Å². The van der Waals surface area contributed by atoms with Crippen molar-refractivity contribution in [1.29, 1.82) is 0 Å². The highest BCUT2D eigenvalue weighted by Crippen LogP contribution is 2.16. The highest BCUT2D eigenvalue weighted by Gasteiger charge is 2.09. The van der Waals surface area contributed by atoms with Crippen LogP contribution in [0.15, 0.2) is 34.1 Å². The molecular formula is C12H18O3. The lowest BCUT2D eigenvalue weighted by molar-refractivity contribution is -0.105. The van der Waals surface area contributed by atoms with Gasteiger partial charge >= 0.3 is 0 Å². The minimum Gasteiger partial charge on any atom is -0.507 e. The molecule has 0 saturated carbocycles. The number of hydrogen-bond donors (Lipinski definition) is 2. The second-order valence-corrected chi connectivity index (χ2v) is 3.79. The lowest BCUT2D eigenvalue weighted by Crippen LogP contribution is -2.01. The van der Waals surface area contributed by atoms with Crippen molar-refractivity contribution in [3.8, 4) is 0 Å². The Morgan fingerprint density at radius 1 is 1.20 bits per heavy atom. The molecule has 0 saturated heterocycles. The van der Waals surface area contributed by atoms with E-state index < -0.39 is 0 Å². The Kier molecular flexibility index (Phi) is 5.64. The average Bonchev–Trinajstić information content (AvgIpc) is 2.16. The Balaban J connectivity index is 5.57. The van der Waals surface area contributed by atoms with E-state index in [1.165, 1.54) is 0 Å². The zero-order valence-electron chi connectivity index (χ0n) is 9.66. The topological polar surface area (TPSA) is 57.5 Å². The van der Waals surface area contributed by atoms with Crippen LogP contribution in [-0.2, 0) is 4.79 Å². The van der Waals surface area contributed by atoms with Gasteiger partial charge in [0.15, 0.2) is 6.29 Å². The molecule has 0 aromatic heterocycles. The molecule has 0 unspecified atom stereocenters. The summed E-state index contributed by atoms with van der Waals surface area (Å²) in [5.74, 6) is -0.0634. The van der Waals surface area contributed by atoms with Gasteiger partial charge in [0.1, 0.15) is 5.76 Å². The summed E-state index contributed by atoms with van der Waals surface area (Å²) in [5, 5.41) is 18.8. The molecule has 0 radical (unpaired) electrons. The third-order valence-corrected chi connectivity index (χ3v) is 1.83. The number of aliphatic hydroxyl groups excluding tert-OH is 2. The van der Waals surface area contributed by atoms with Crippen molar-refractivity contribution in [2.45, 2.75) is 27.7 Å². The van der Waals surface area contributed by atoms with Crippen LogP contribution in [0.25, 0.3) is 0 Å². The predicted octanol–water partition coefficient (Wildman–Crippen LogP) is 2.29. The van der Waals surface area contributed by atoms with Crippen molar-refractivity contribution in [3.05, 3.63) is 34.1 Å². The Morgan fingerprint density at radius 2 is 1.73 bits per heavy atom. The van der Waals surface area contributed by atoms with Crippen molar-refractivity contribution in [1.82, 2.24) is 0 Å². The van der Waals surface area contributed by atoms with Crippen molar-refractivity contribution in [3.63, 3.8) is 0 Å². The van der Waals surface area contributed by atoms with Crippen molar-refractivity contribution < 1.29 is 15.0 Å². The van der Waals surface area contributed by atoms with Crippen LogP contribution in [0.5, 0.6) is 0 Å². The summed E-state index contributed by atoms with van der Waals surface area (Å²) < 4.78 is 0. The third kappa shape index (κ3) is 4.13. The van der Waals surface area contributed by atoms with E-state index in [2.05, 4.69) is 0 Å². The first kappa shape index (κ1) is 13.7. The molecule has 0 rings (SSSR count). The van der Waals surface area contributed by atoms with E-state index in [1.54, 1.807) is 19.9 Å². The van der Waals surface area contributed by atoms with Crippen molar-refractivity contribution >= 4 is 6.29 Å². The molecule has 0 bridgehead atoms. The largest absolute Gasteiger partial charge is 0.507 e. The van der Waals surface area contributed by atoms with E-state index in [0.29, 0.717) is 17.4 Å². The van der Waals surface area contributed by atoms with Crippen LogP contribution in [0.3, 0.4) is 0 Å². The standard InChI is InChI=1S/C12H18O3/c1-8(2)5-10(6-13)11(7-14)12(15)9(3)4/h5,7,13,15H,6H2,1-4H3/b11-10+. The van der Waals surface area contributed by atoms with Crippen LogP contribution in [0, 0.1) is 0 Å². The first-order valence-electron chi connectivity index (χ1n) is 4.75. The molecule has 0 aromatic carbocycles. The van der Waals surface area contributed by atoms with Gasteiger partial charge in [0.25, 0.3) is 0 Å². The summed E-state index contributed by atoms with van der Waals surface area (Å²) >= 11 is 0. The van der Waals surface area contributed by atoms with Gasteiger partial charge in [-0.2, -0.15) is 0 Å². The minimum absolute atomic E-state index is 0.0634. The summed E-state index contributed by atoms with van der Waals surface area (Å²) in [5.41, 5.74) is 2.19. The van der Waals surface area contributed by atoms with E-state index in [1.807, 2.05) is 13.8 Å². The molecule has 2 N–H and O–H groups in total. The molecule has 15 heavy (non-hydrogen) atoms. The molecule has 0 aromatic rings. The monoisotopic (exact) mass is 210 g/mol. The van der Waals surface area contributed by atoms with Gasteiger partial charge in [-0.3, -0.25) is 4.79 Å². The lowest BCUT2D eigenvalue weighted by atomic mass is 10.0. The van der Waals surface area contributed by atoms with Crippen LogP contribution < -0.4 is 0 Å². The molecule has 0 heterocycles. The van der Waals surface area contributed by atoms with Gasteiger partial charge in [-0.15, -0.1) is 0 Å². The highest BCUT2D eigenvalue weighted by molar-refractivity contribution is 5.81. The van der Waals surface area contributed by atoms with E-state index in [-0.39, 0.29) is 17.9 Å². The molecule has 84 valence electrons. The molecule has 0 aliphatic heterocycles. The molecule has 3 heteroatoms. The fourth-order valence-electron chi connectivity index (χ4n) is 1.11. The second kappa shape index (κ2) is 6.19. The van der Waals surface area contributed by atoms with Gasteiger partial charge in [0.2, 0.25) is 0 Å². The fourth-order valence-corrected chi connectivity index (χ4v) is 1.11. The smallest absolute Gasteiger partial charge is 0.154 e. The predicted molar refractivity (Wildman–Crippen MR) is 60.6 cm³/mol. The SMILES string of the molecule is CC(C)=C/C(CO)=C(/C=O)C(O)=C(C)C. The van der Waals surface area contributed by atoms with Gasteiger partial charge in [-0.05, 0) is 38.8 Å². The van der Waals surface area contributed by atoms with Crippen LogP contribution in [0.1, 0.15) is 27.7 Å². The average molecular weight is 210 g/mol. The molecule has 3 nitrogen and oxygen atoms in total. The van der Waals surface area contributed by atoms with Gasteiger partial charge in [-0.1, -0.05) is 11.6 Å². The summed E-state index contributed by atoms with van der Waals surface area (Å²) in [4.78, 5) is 10.8. The van der Waals surface area contributed by atoms with E-state index in [9.17, 15) is 9.90 Å². The summed E-state index contributed by atoms with van der Waals surface area (Å²) in [6.07, 6.45) is 2.25. The number of allylic oxidation sites excluding steroid dienone is 3. The molecule has 0 atom stereocenters. The lowest BCUT2D eigenvalue weighted by Gasteiger charge is -2.06. The maximum absolute atomic E-state index is 10.8. The zero-order chi connectivity index (χ0) is 12.0. The maximum Gasteiger partial charge on any atom is 0.154 e. The summed E-state index contributed by atoms with van der Waals surface area (Å²) in [6, 6.07) is 0. The normalized spacial score (nSPS) is 11.5. The number of rotatable bonds is 4. The number of carbonyl (C=O) groups excluding carboxylic acids is 1. The Morgan fingerprint density at radius 3 is 2.00 bits per heavy atom. The number of aldehydes is 1. The molecule has 0 amide bonds. The van der Waals surface area contributed by atoms with E-state index in [4.69, 9.17) is 5.11 Å². The van der Waals surface area contributed by atoms with Crippen LogP contribution in [0.4, 0.5) is 0 Å². The summed E-state index contributed by atoms with van der Waals surface area (Å²) in [6.45, 7) is 6.86. The molecule has 0 spiro atoms. The van der Waals surface area contributed by atoms with Crippen molar-refractivity contribution in [2.75, 3.05) is 6.61 Å². The number of hydrogen-bond acceptors (Lipinski definition) is 3. The first-order chi connectivity index (χ1) is 6.93. The van der Waals surface area contributed by atoms with Crippen molar-refractivity contribution in [2.24, 2.45) is 0 Å². The zero-order valence-corrected chi connectivity index (χ0v) is 9.66. The molecule has 0 fully saturated rings. The number of carbonyl (C=O) groups is 1. The maximum atomic E-state index is 10.8. The Bertz CT molecular complexity index is 325. The minimum atomic E-state index is -0.267. The second-order valence-electron chi connectivity index (χ2n) is 3.79. The van der Waals surface area contributed by atoms with Gasteiger partial charge in [0.05, 0.1) is 12.2 Å². The first-order valence-corrected chi connectivity index (χ1v) is 4.75. The third-order valence-electron chi connectivity index (χ3n) is 1.83. The fraction of sp³-hybridized carbons (Fsp3) is 0.417.